The highest BCUT2D eigenvalue weighted by atomic mass is 16.5. The second-order valence-corrected chi connectivity index (χ2v) is 7.03. The van der Waals surface area contributed by atoms with Crippen LogP contribution in [0, 0.1) is 0 Å². The van der Waals surface area contributed by atoms with Crippen LogP contribution in [0.25, 0.3) is 0 Å². The van der Waals surface area contributed by atoms with Gasteiger partial charge in [0.25, 0.3) is 0 Å². The lowest BCUT2D eigenvalue weighted by Crippen LogP contribution is -2.24. The topological polar surface area (TPSA) is 80.1 Å². The van der Waals surface area contributed by atoms with Gasteiger partial charge in [0.15, 0.2) is 5.82 Å². The largest absolute Gasteiger partial charge is 0.371 e. The lowest BCUT2D eigenvalue weighted by Gasteiger charge is -2.20. The predicted octanol–water partition coefficient (Wildman–Crippen LogP) is 3.11. The first-order valence-corrected chi connectivity index (χ1v) is 9.50. The molecule has 1 aliphatic heterocycles. The van der Waals surface area contributed by atoms with Gasteiger partial charge in [-0.25, -0.2) is 4.98 Å². The SMILES string of the molecule is CCOC(C)c1noc(CN2CCCC2c2nc3c([nH]2)CCCC3)n1. The molecule has 2 aromatic heterocycles. The summed E-state index contributed by atoms with van der Waals surface area (Å²) in [7, 11) is 0. The molecule has 2 aliphatic rings. The van der Waals surface area contributed by atoms with Crippen molar-refractivity contribution in [2.24, 2.45) is 0 Å². The molecule has 3 heterocycles. The van der Waals surface area contributed by atoms with Crippen LogP contribution in [0.4, 0.5) is 0 Å². The van der Waals surface area contributed by atoms with Gasteiger partial charge in [-0.05, 0) is 58.9 Å². The van der Waals surface area contributed by atoms with Crippen molar-refractivity contribution in [3.05, 3.63) is 28.9 Å². The Morgan fingerprint density at radius 3 is 3.00 bits per heavy atom. The molecule has 7 nitrogen and oxygen atoms in total. The fourth-order valence-corrected chi connectivity index (χ4v) is 3.95. The Labute approximate surface area is 148 Å². The first-order chi connectivity index (χ1) is 12.2. The Kier molecular flexibility index (Phi) is 4.85. The van der Waals surface area contributed by atoms with Gasteiger partial charge in [-0.3, -0.25) is 4.90 Å². The van der Waals surface area contributed by atoms with Crippen molar-refractivity contribution in [3.63, 3.8) is 0 Å². The van der Waals surface area contributed by atoms with Gasteiger partial charge >= 0.3 is 0 Å². The summed E-state index contributed by atoms with van der Waals surface area (Å²) in [5, 5.41) is 4.07. The van der Waals surface area contributed by atoms with E-state index in [0.717, 1.165) is 31.6 Å². The summed E-state index contributed by atoms with van der Waals surface area (Å²) in [6.07, 6.45) is 6.95. The van der Waals surface area contributed by atoms with E-state index in [2.05, 4.69) is 20.0 Å². The Hall–Kier alpha value is -1.73. The molecule has 0 saturated carbocycles. The van der Waals surface area contributed by atoms with Crippen molar-refractivity contribution in [2.75, 3.05) is 13.2 Å². The molecule has 1 N–H and O–H groups in total. The van der Waals surface area contributed by atoms with Gasteiger partial charge in [0.2, 0.25) is 5.89 Å². The number of hydrogen-bond donors (Lipinski definition) is 1. The number of nitrogens with one attached hydrogen (secondary N) is 1. The third kappa shape index (κ3) is 3.48. The van der Waals surface area contributed by atoms with Crippen LogP contribution in [-0.4, -0.2) is 38.2 Å². The number of aryl methyl sites for hydroxylation is 2. The number of ether oxygens (including phenoxy) is 1. The van der Waals surface area contributed by atoms with Crippen LogP contribution in [0.1, 0.15) is 80.6 Å². The molecule has 0 spiro atoms. The minimum Gasteiger partial charge on any atom is -0.371 e. The molecule has 2 unspecified atom stereocenters. The third-order valence-corrected chi connectivity index (χ3v) is 5.25. The summed E-state index contributed by atoms with van der Waals surface area (Å²) in [6, 6.07) is 0.324. The van der Waals surface area contributed by atoms with Crippen LogP contribution in [0.5, 0.6) is 0 Å². The Balaban J connectivity index is 1.46. The quantitative estimate of drug-likeness (QED) is 0.866. The molecule has 0 radical (unpaired) electrons. The van der Waals surface area contributed by atoms with Gasteiger partial charge in [0, 0.05) is 12.3 Å². The lowest BCUT2D eigenvalue weighted by atomic mass is 10.0. The second-order valence-electron chi connectivity index (χ2n) is 7.03. The van der Waals surface area contributed by atoms with E-state index >= 15 is 0 Å². The van der Waals surface area contributed by atoms with E-state index in [4.69, 9.17) is 14.2 Å². The number of imidazole rings is 1. The molecule has 1 fully saturated rings. The van der Waals surface area contributed by atoms with E-state index in [9.17, 15) is 0 Å². The van der Waals surface area contributed by atoms with Gasteiger partial charge in [-0.2, -0.15) is 4.98 Å². The van der Waals surface area contributed by atoms with Gasteiger partial charge in [-0.1, -0.05) is 5.16 Å². The van der Waals surface area contributed by atoms with Crippen LogP contribution in [0.3, 0.4) is 0 Å². The van der Waals surface area contributed by atoms with Crippen molar-refractivity contribution in [1.29, 1.82) is 0 Å². The molecular weight excluding hydrogens is 318 g/mol. The van der Waals surface area contributed by atoms with E-state index in [1.807, 2.05) is 13.8 Å². The highest BCUT2D eigenvalue weighted by Crippen LogP contribution is 2.33. The molecule has 0 aromatic carbocycles. The Bertz CT molecular complexity index is 687. The highest BCUT2D eigenvalue weighted by Gasteiger charge is 2.31. The van der Waals surface area contributed by atoms with Crippen molar-refractivity contribution < 1.29 is 9.26 Å². The average molecular weight is 345 g/mol. The number of H-pyrrole nitrogens is 1. The molecule has 2 atom stereocenters. The van der Waals surface area contributed by atoms with E-state index in [1.54, 1.807) is 0 Å². The highest BCUT2D eigenvalue weighted by molar-refractivity contribution is 5.19. The summed E-state index contributed by atoms with van der Waals surface area (Å²) in [4.78, 5) is 15.4. The number of nitrogens with zero attached hydrogens (tertiary/aromatic N) is 4. The van der Waals surface area contributed by atoms with E-state index < -0.39 is 0 Å². The van der Waals surface area contributed by atoms with Crippen molar-refractivity contribution in [1.82, 2.24) is 25.0 Å². The van der Waals surface area contributed by atoms with Crippen molar-refractivity contribution in [3.8, 4) is 0 Å². The number of fused-ring (bicyclic) bond motifs is 1. The first-order valence-electron chi connectivity index (χ1n) is 9.50. The summed E-state index contributed by atoms with van der Waals surface area (Å²) in [6.45, 7) is 6.26. The van der Waals surface area contributed by atoms with Gasteiger partial charge in [-0.15, -0.1) is 0 Å². The van der Waals surface area contributed by atoms with Gasteiger partial charge < -0.3 is 14.2 Å². The first kappa shape index (κ1) is 16.7. The van der Waals surface area contributed by atoms with Crippen LogP contribution >= 0.6 is 0 Å². The number of aromatic amines is 1. The zero-order valence-corrected chi connectivity index (χ0v) is 15.1. The third-order valence-electron chi connectivity index (χ3n) is 5.25. The average Bonchev–Trinajstić information content (AvgIpc) is 3.34. The predicted molar refractivity (Wildman–Crippen MR) is 92.0 cm³/mol. The lowest BCUT2D eigenvalue weighted by molar-refractivity contribution is 0.0683. The molecule has 0 bridgehead atoms. The number of hydrogen-bond acceptors (Lipinski definition) is 6. The molecule has 2 aromatic rings. The number of aromatic nitrogens is 4. The molecule has 7 heteroatoms. The smallest absolute Gasteiger partial charge is 0.240 e. The van der Waals surface area contributed by atoms with Crippen LogP contribution in [0.15, 0.2) is 4.52 Å². The molecule has 4 rings (SSSR count). The maximum atomic E-state index is 5.53. The molecule has 25 heavy (non-hydrogen) atoms. The zero-order valence-electron chi connectivity index (χ0n) is 15.1. The maximum absolute atomic E-state index is 5.53. The summed E-state index contributed by atoms with van der Waals surface area (Å²) in [5.41, 5.74) is 2.62. The summed E-state index contributed by atoms with van der Waals surface area (Å²) in [5.74, 6) is 2.40. The normalized spacial score (nSPS) is 22.2. The van der Waals surface area contributed by atoms with Crippen molar-refractivity contribution in [2.45, 2.75) is 71.1 Å². The number of likely N-dealkylation sites (tertiary alicyclic amines) is 1. The molecule has 136 valence electrons. The zero-order chi connectivity index (χ0) is 17.2. The summed E-state index contributed by atoms with van der Waals surface area (Å²) < 4.78 is 11.0. The second kappa shape index (κ2) is 7.25. The van der Waals surface area contributed by atoms with Gasteiger partial charge in [0.05, 0.1) is 18.3 Å². The minimum absolute atomic E-state index is 0.131. The molecular formula is C18H27N5O2. The van der Waals surface area contributed by atoms with Crippen molar-refractivity contribution >= 4 is 0 Å². The minimum atomic E-state index is -0.131. The number of rotatable bonds is 6. The van der Waals surface area contributed by atoms with E-state index in [1.165, 1.54) is 30.7 Å². The fraction of sp³-hybridized carbons (Fsp3) is 0.722. The monoisotopic (exact) mass is 345 g/mol. The van der Waals surface area contributed by atoms with E-state index in [-0.39, 0.29) is 6.10 Å². The standard InChI is InChI=1S/C18H27N5O2/c1-3-24-12(2)17-21-16(25-22-17)11-23-10-6-9-15(23)18-19-13-7-4-5-8-14(13)20-18/h12,15H,3-11H2,1-2H3,(H,19,20). The molecule has 0 amide bonds. The van der Waals surface area contributed by atoms with Gasteiger partial charge in [0.1, 0.15) is 11.9 Å². The Morgan fingerprint density at radius 2 is 2.16 bits per heavy atom. The van der Waals surface area contributed by atoms with Crippen LogP contribution in [0.2, 0.25) is 0 Å². The Morgan fingerprint density at radius 1 is 1.28 bits per heavy atom. The van der Waals surface area contributed by atoms with Crippen LogP contribution in [-0.2, 0) is 24.1 Å². The molecule has 1 saturated heterocycles. The molecule has 1 aliphatic carbocycles. The fourth-order valence-electron chi connectivity index (χ4n) is 3.95. The van der Waals surface area contributed by atoms with E-state index in [0.29, 0.717) is 30.9 Å². The van der Waals surface area contributed by atoms with Crippen LogP contribution < -0.4 is 0 Å². The maximum Gasteiger partial charge on any atom is 0.240 e. The summed E-state index contributed by atoms with van der Waals surface area (Å²) >= 11 is 0.